The van der Waals surface area contributed by atoms with E-state index in [4.69, 9.17) is 25.3 Å². The molecule has 24 heavy (non-hydrogen) atoms. The number of aliphatic carboxylic acids is 1. The first-order valence-corrected chi connectivity index (χ1v) is 11.0. The first-order valence-electron chi connectivity index (χ1n) is 7.08. The van der Waals surface area contributed by atoms with Crippen LogP contribution in [0.1, 0.15) is 19.8 Å². The molecule has 0 bridgehead atoms. The lowest BCUT2D eigenvalue weighted by Crippen LogP contribution is -2.24. The van der Waals surface area contributed by atoms with Gasteiger partial charge in [-0.05, 0) is 30.9 Å². The van der Waals surface area contributed by atoms with Crippen LogP contribution in [0.2, 0.25) is 0 Å². The molecule has 10 heteroatoms. The van der Waals surface area contributed by atoms with Gasteiger partial charge in [-0.1, -0.05) is 12.1 Å². The monoisotopic (exact) mass is 398 g/mol. The van der Waals surface area contributed by atoms with Crippen molar-refractivity contribution >= 4 is 35.5 Å². The van der Waals surface area contributed by atoms with Gasteiger partial charge in [0.2, 0.25) is 0 Å². The van der Waals surface area contributed by atoms with E-state index < -0.39 is 24.9 Å². The molecular weight excluding hydrogens is 380 g/mol. The molecule has 7 nitrogen and oxygen atoms in total. The third kappa shape index (κ3) is 6.76. The maximum absolute atomic E-state index is 12.4. The smallest absolute Gasteiger partial charge is 0.300 e. The number of carbonyl (C=O) groups is 1. The average molecular weight is 399 g/mol. The van der Waals surface area contributed by atoms with Crippen LogP contribution in [0.4, 0.5) is 0 Å². The summed E-state index contributed by atoms with van der Waals surface area (Å²) in [6, 6.07) is 5.42. The fourth-order valence-electron chi connectivity index (χ4n) is 2.22. The highest BCUT2D eigenvalue weighted by Gasteiger charge is 2.28. The lowest BCUT2D eigenvalue weighted by Gasteiger charge is -2.22. The van der Waals surface area contributed by atoms with Crippen molar-refractivity contribution in [3.8, 4) is 0 Å². The minimum absolute atomic E-state index is 0.0140. The summed E-state index contributed by atoms with van der Waals surface area (Å²) >= 11 is 0. The summed E-state index contributed by atoms with van der Waals surface area (Å²) in [5.74, 6) is -0.931. The van der Waals surface area contributed by atoms with E-state index in [2.05, 4.69) is 0 Å². The van der Waals surface area contributed by atoms with Crippen molar-refractivity contribution in [1.82, 2.24) is 0 Å². The number of hydrogen-bond acceptors (Lipinski definition) is 6. The first kappa shape index (κ1) is 20.9. The molecule has 0 radical (unpaired) electrons. The Morgan fingerprint density at radius 2 is 1.62 bits per heavy atom. The van der Waals surface area contributed by atoms with E-state index in [0.717, 1.165) is 6.92 Å². The summed E-state index contributed by atoms with van der Waals surface area (Å²) in [6.45, 7) is 2.16. The SMILES string of the molecule is CC(=O)O.O=S(=O)(Cl)c1ccccc1S(=O)(=O)CC1CCOCC1. The third-order valence-electron chi connectivity index (χ3n) is 3.24. The Hall–Kier alpha value is -1.16. The molecule has 1 aliphatic rings. The minimum Gasteiger partial charge on any atom is -0.481 e. The summed E-state index contributed by atoms with van der Waals surface area (Å²) in [5, 5.41) is 7.42. The first-order chi connectivity index (χ1) is 11.0. The van der Waals surface area contributed by atoms with Crippen LogP contribution in [-0.2, 0) is 28.4 Å². The quantitative estimate of drug-likeness (QED) is 0.770. The van der Waals surface area contributed by atoms with Gasteiger partial charge in [0.25, 0.3) is 15.0 Å². The van der Waals surface area contributed by atoms with Crippen molar-refractivity contribution in [3.05, 3.63) is 24.3 Å². The number of hydrogen-bond donors (Lipinski definition) is 1. The number of ether oxygens (including phenoxy) is 1. The summed E-state index contributed by atoms with van der Waals surface area (Å²) in [4.78, 5) is 8.43. The summed E-state index contributed by atoms with van der Waals surface area (Å²) in [5.41, 5.74) is 0. The molecule has 0 saturated carbocycles. The molecule has 1 N–H and O–H groups in total. The normalized spacial score (nSPS) is 16.1. The molecule has 0 aromatic heterocycles. The molecule has 1 aromatic carbocycles. The van der Waals surface area contributed by atoms with Gasteiger partial charge in [0.1, 0.15) is 4.90 Å². The minimum atomic E-state index is -4.09. The Kier molecular flexibility index (Phi) is 7.65. The van der Waals surface area contributed by atoms with Crippen molar-refractivity contribution in [2.45, 2.75) is 29.6 Å². The molecule has 0 amide bonds. The van der Waals surface area contributed by atoms with Crippen LogP contribution in [0.3, 0.4) is 0 Å². The molecule has 2 rings (SSSR count). The molecule has 1 fully saturated rings. The van der Waals surface area contributed by atoms with E-state index >= 15 is 0 Å². The van der Waals surface area contributed by atoms with Crippen molar-refractivity contribution in [3.63, 3.8) is 0 Å². The number of sulfone groups is 1. The predicted molar refractivity (Wildman–Crippen MR) is 88.4 cm³/mol. The van der Waals surface area contributed by atoms with Gasteiger partial charge < -0.3 is 9.84 Å². The van der Waals surface area contributed by atoms with Crippen molar-refractivity contribution in [1.29, 1.82) is 0 Å². The highest BCUT2D eigenvalue weighted by atomic mass is 35.7. The predicted octanol–water partition coefficient (Wildman–Crippen LogP) is 1.91. The van der Waals surface area contributed by atoms with E-state index in [0.29, 0.717) is 26.1 Å². The lowest BCUT2D eigenvalue weighted by atomic mass is 10.0. The molecule has 0 unspecified atom stereocenters. The lowest BCUT2D eigenvalue weighted by molar-refractivity contribution is -0.134. The van der Waals surface area contributed by atoms with Crippen LogP contribution in [0.5, 0.6) is 0 Å². The van der Waals surface area contributed by atoms with Gasteiger partial charge in [0, 0.05) is 30.8 Å². The number of carboxylic acids is 1. The third-order valence-corrected chi connectivity index (χ3v) is 6.69. The van der Waals surface area contributed by atoms with Gasteiger partial charge in [0.15, 0.2) is 9.84 Å². The topological polar surface area (TPSA) is 115 Å². The maximum atomic E-state index is 12.4. The molecule has 1 aromatic rings. The Labute approximate surface area is 145 Å². The number of carboxylic acid groups (broad SMARTS) is 1. The fourth-order valence-corrected chi connectivity index (χ4v) is 5.82. The highest BCUT2D eigenvalue weighted by molar-refractivity contribution is 8.14. The van der Waals surface area contributed by atoms with Crippen LogP contribution in [0, 0.1) is 5.92 Å². The molecule has 136 valence electrons. The molecular formula is C14H19ClO7S2. The van der Waals surface area contributed by atoms with Crippen LogP contribution in [0.15, 0.2) is 34.1 Å². The van der Waals surface area contributed by atoms with Gasteiger partial charge >= 0.3 is 0 Å². The van der Waals surface area contributed by atoms with Crippen LogP contribution in [0.25, 0.3) is 0 Å². The molecule has 1 saturated heterocycles. The van der Waals surface area contributed by atoms with E-state index in [-0.39, 0.29) is 21.5 Å². The average Bonchev–Trinajstić information content (AvgIpc) is 2.46. The molecule has 1 heterocycles. The van der Waals surface area contributed by atoms with E-state index in [9.17, 15) is 16.8 Å². The highest BCUT2D eigenvalue weighted by Crippen LogP contribution is 2.27. The zero-order valence-corrected chi connectivity index (χ0v) is 15.4. The van der Waals surface area contributed by atoms with Crippen LogP contribution in [-0.4, -0.2) is 46.9 Å². The second-order valence-electron chi connectivity index (χ2n) is 5.24. The Balaban J connectivity index is 0.000000648. The van der Waals surface area contributed by atoms with Gasteiger partial charge in [0.05, 0.1) is 10.6 Å². The second-order valence-corrected chi connectivity index (χ2v) is 9.78. The zero-order valence-electron chi connectivity index (χ0n) is 13.0. The number of rotatable bonds is 4. The standard InChI is InChI=1S/C12H15ClO5S2.C2H4O2/c13-20(16,17)12-4-2-1-3-11(12)19(14,15)9-10-5-7-18-8-6-10;1-2(3)4/h1-4,10H,5-9H2;1H3,(H,3,4). The van der Waals surface area contributed by atoms with Crippen molar-refractivity contribution in [2.24, 2.45) is 5.92 Å². The van der Waals surface area contributed by atoms with Crippen molar-refractivity contribution < 1.29 is 31.5 Å². The van der Waals surface area contributed by atoms with Gasteiger partial charge in [-0.25, -0.2) is 16.8 Å². The van der Waals surface area contributed by atoms with Crippen molar-refractivity contribution in [2.75, 3.05) is 19.0 Å². The zero-order chi connectivity index (χ0) is 18.4. The fraction of sp³-hybridized carbons (Fsp3) is 0.500. The Bertz CT molecular complexity index is 762. The molecule has 0 atom stereocenters. The molecule has 0 spiro atoms. The second kappa shape index (κ2) is 8.80. The van der Waals surface area contributed by atoms with E-state index in [1.54, 1.807) is 0 Å². The Morgan fingerprint density at radius 1 is 1.17 bits per heavy atom. The van der Waals surface area contributed by atoms with Gasteiger partial charge in [-0.3, -0.25) is 4.79 Å². The summed E-state index contributed by atoms with van der Waals surface area (Å²) in [7, 11) is -2.48. The largest absolute Gasteiger partial charge is 0.481 e. The van der Waals surface area contributed by atoms with Crippen LogP contribution >= 0.6 is 10.7 Å². The molecule has 0 aliphatic carbocycles. The maximum Gasteiger partial charge on any atom is 0.300 e. The molecule has 1 aliphatic heterocycles. The summed E-state index contributed by atoms with van der Waals surface area (Å²) in [6.07, 6.45) is 1.32. The van der Waals surface area contributed by atoms with Gasteiger partial charge in [-0.15, -0.1) is 0 Å². The van der Waals surface area contributed by atoms with E-state index in [1.807, 2.05) is 0 Å². The van der Waals surface area contributed by atoms with Gasteiger partial charge in [-0.2, -0.15) is 0 Å². The Morgan fingerprint density at radius 3 is 2.08 bits per heavy atom. The number of benzene rings is 1. The number of halogens is 1. The summed E-state index contributed by atoms with van der Waals surface area (Å²) < 4.78 is 52.9. The van der Waals surface area contributed by atoms with E-state index in [1.165, 1.54) is 24.3 Å². The van der Waals surface area contributed by atoms with Crippen LogP contribution < -0.4 is 0 Å².